The lowest BCUT2D eigenvalue weighted by molar-refractivity contribution is -0.386. The van der Waals surface area contributed by atoms with Crippen molar-refractivity contribution in [3.05, 3.63) is 55.6 Å². The molecule has 0 fully saturated rings. The Hall–Kier alpha value is -2.94. The van der Waals surface area contributed by atoms with Crippen LogP contribution in [-0.4, -0.2) is 14.8 Å². The number of pyridine rings is 1. The molecule has 9 nitrogen and oxygen atoms in total. The first-order valence-electron chi connectivity index (χ1n) is 5.41. The maximum Gasteiger partial charge on any atom is 0.331 e. The molecular weight excluding hydrogens is 304 g/mol. The Balaban J connectivity index is 2.40. The molecule has 0 atom stereocenters. The van der Waals surface area contributed by atoms with Gasteiger partial charge in [-0.15, -0.1) is 0 Å². The van der Waals surface area contributed by atoms with E-state index in [2.05, 4.69) is 4.98 Å². The summed E-state index contributed by atoms with van der Waals surface area (Å²) in [5.74, 6) is -0.340. The van der Waals surface area contributed by atoms with E-state index in [1.807, 2.05) is 0 Å². The van der Waals surface area contributed by atoms with Crippen molar-refractivity contribution in [1.82, 2.24) is 4.98 Å². The van der Waals surface area contributed by atoms with E-state index in [9.17, 15) is 20.2 Å². The van der Waals surface area contributed by atoms with E-state index in [0.29, 0.717) is 0 Å². The van der Waals surface area contributed by atoms with Crippen molar-refractivity contribution >= 4 is 28.8 Å². The molecule has 0 radical (unpaired) electrons. The van der Waals surface area contributed by atoms with Gasteiger partial charge in [0.25, 0.3) is 5.69 Å². The van der Waals surface area contributed by atoms with Gasteiger partial charge in [-0.25, -0.2) is 0 Å². The predicted octanol–water partition coefficient (Wildman–Crippen LogP) is 2.93. The molecule has 2 N–H and O–H groups in total. The Labute approximate surface area is 122 Å². The van der Waals surface area contributed by atoms with E-state index in [1.165, 1.54) is 12.1 Å². The fourth-order valence-electron chi connectivity index (χ4n) is 1.45. The van der Waals surface area contributed by atoms with Crippen LogP contribution in [0.2, 0.25) is 5.02 Å². The number of nitro benzene ring substituents is 1. The number of anilines is 1. The molecule has 108 valence electrons. The van der Waals surface area contributed by atoms with E-state index in [4.69, 9.17) is 22.1 Å². The van der Waals surface area contributed by atoms with Crippen molar-refractivity contribution in [2.75, 3.05) is 5.73 Å². The lowest BCUT2D eigenvalue weighted by Gasteiger charge is -2.07. The molecule has 0 aliphatic carbocycles. The van der Waals surface area contributed by atoms with Crippen molar-refractivity contribution < 1.29 is 14.6 Å². The van der Waals surface area contributed by atoms with Crippen LogP contribution in [0, 0.1) is 20.2 Å². The maximum absolute atomic E-state index is 10.9. The quantitative estimate of drug-likeness (QED) is 0.677. The number of nitrogens with two attached hydrogens (primary N) is 1. The third-order valence-corrected chi connectivity index (χ3v) is 2.69. The van der Waals surface area contributed by atoms with E-state index < -0.39 is 15.5 Å². The van der Waals surface area contributed by atoms with Crippen LogP contribution in [-0.2, 0) is 0 Å². The van der Waals surface area contributed by atoms with Crippen molar-refractivity contribution in [3.8, 4) is 11.6 Å². The van der Waals surface area contributed by atoms with Gasteiger partial charge in [-0.3, -0.25) is 20.2 Å². The van der Waals surface area contributed by atoms with Crippen molar-refractivity contribution in [2.24, 2.45) is 0 Å². The second-order valence-electron chi connectivity index (χ2n) is 3.79. The molecular formula is C11H7ClN4O5. The monoisotopic (exact) mass is 310 g/mol. The van der Waals surface area contributed by atoms with Crippen molar-refractivity contribution in [3.63, 3.8) is 0 Å². The number of hydrogen-bond acceptors (Lipinski definition) is 7. The average Bonchev–Trinajstić information content (AvgIpc) is 2.40. The maximum atomic E-state index is 10.9. The van der Waals surface area contributed by atoms with Gasteiger partial charge in [-0.2, -0.15) is 4.98 Å². The van der Waals surface area contributed by atoms with E-state index >= 15 is 0 Å². The molecule has 0 aliphatic heterocycles. The van der Waals surface area contributed by atoms with E-state index in [1.54, 1.807) is 0 Å². The first-order valence-corrected chi connectivity index (χ1v) is 5.79. The lowest BCUT2D eigenvalue weighted by Crippen LogP contribution is -1.99. The standard InChI is InChI=1S/C11H7ClN4O5/c12-7-5-6(15(17)18)1-3-9(7)21-11-8(16(19)20)2-4-10(13)14-11/h1-5H,(H2,13,14). The average molecular weight is 311 g/mol. The fourth-order valence-corrected chi connectivity index (χ4v) is 1.67. The Morgan fingerprint density at radius 2 is 1.86 bits per heavy atom. The van der Waals surface area contributed by atoms with Crippen LogP contribution >= 0.6 is 11.6 Å². The minimum absolute atomic E-state index is 0.0107. The molecule has 0 bridgehead atoms. The van der Waals surface area contributed by atoms with Crippen molar-refractivity contribution in [1.29, 1.82) is 0 Å². The molecule has 1 aromatic heterocycles. The molecule has 2 aromatic rings. The van der Waals surface area contributed by atoms with Gasteiger partial charge in [0.05, 0.1) is 14.9 Å². The number of hydrogen-bond donors (Lipinski definition) is 1. The molecule has 0 aliphatic rings. The topological polar surface area (TPSA) is 134 Å². The number of nitrogen functional groups attached to an aromatic ring is 1. The van der Waals surface area contributed by atoms with E-state index in [-0.39, 0.29) is 28.2 Å². The number of aromatic nitrogens is 1. The first-order chi connectivity index (χ1) is 9.88. The molecule has 0 saturated carbocycles. The minimum atomic E-state index is -0.693. The van der Waals surface area contributed by atoms with E-state index in [0.717, 1.165) is 18.2 Å². The number of rotatable bonds is 4. The number of ether oxygens (including phenoxy) is 1. The lowest BCUT2D eigenvalue weighted by atomic mass is 10.3. The van der Waals surface area contributed by atoms with Gasteiger partial charge in [0.2, 0.25) is 0 Å². The number of nitrogens with zero attached hydrogens (tertiary/aromatic N) is 3. The Bertz CT molecular complexity index is 737. The van der Waals surface area contributed by atoms with Crippen LogP contribution in [0.3, 0.4) is 0 Å². The van der Waals surface area contributed by atoms with Gasteiger partial charge < -0.3 is 10.5 Å². The normalized spacial score (nSPS) is 10.1. The third-order valence-electron chi connectivity index (χ3n) is 2.39. The van der Waals surface area contributed by atoms with Gasteiger partial charge >= 0.3 is 11.6 Å². The van der Waals surface area contributed by atoms with Crippen LogP contribution in [0.25, 0.3) is 0 Å². The zero-order chi connectivity index (χ0) is 15.6. The zero-order valence-electron chi connectivity index (χ0n) is 10.2. The summed E-state index contributed by atoms with van der Waals surface area (Å²) in [5, 5.41) is 21.4. The van der Waals surface area contributed by atoms with Crippen LogP contribution in [0.1, 0.15) is 0 Å². The molecule has 10 heteroatoms. The number of benzene rings is 1. The van der Waals surface area contributed by atoms with Crippen LogP contribution in [0.4, 0.5) is 17.2 Å². The predicted molar refractivity (Wildman–Crippen MR) is 73.5 cm³/mol. The second kappa shape index (κ2) is 5.59. The van der Waals surface area contributed by atoms with Gasteiger partial charge in [-0.05, 0) is 12.1 Å². The van der Waals surface area contributed by atoms with Crippen LogP contribution in [0.5, 0.6) is 11.6 Å². The first kappa shape index (κ1) is 14.5. The Morgan fingerprint density at radius 1 is 1.14 bits per heavy atom. The highest BCUT2D eigenvalue weighted by Gasteiger charge is 2.20. The molecule has 0 saturated heterocycles. The van der Waals surface area contributed by atoms with Gasteiger partial charge in [0, 0.05) is 18.2 Å². The summed E-state index contributed by atoms with van der Waals surface area (Å²) in [6, 6.07) is 5.82. The molecule has 0 spiro atoms. The SMILES string of the molecule is Nc1ccc([N+](=O)[O-])c(Oc2ccc([N+](=O)[O-])cc2Cl)n1. The Morgan fingerprint density at radius 3 is 2.43 bits per heavy atom. The zero-order valence-corrected chi connectivity index (χ0v) is 11.0. The second-order valence-corrected chi connectivity index (χ2v) is 4.20. The number of nitro groups is 2. The number of halogens is 1. The number of non-ortho nitro benzene ring substituents is 1. The summed E-state index contributed by atoms with van der Waals surface area (Å²) in [7, 11) is 0. The molecule has 2 rings (SSSR count). The summed E-state index contributed by atoms with van der Waals surface area (Å²) in [5.41, 5.74) is 4.81. The third kappa shape index (κ3) is 3.15. The van der Waals surface area contributed by atoms with Gasteiger partial charge in [0.1, 0.15) is 11.6 Å². The van der Waals surface area contributed by atoms with Crippen LogP contribution < -0.4 is 10.5 Å². The highest BCUT2D eigenvalue weighted by molar-refractivity contribution is 6.32. The van der Waals surface area contributed by atoms with Gasteiger partial charge in [0.15, 0.2) is 0 Å². The molecule has 21 heavy (non-hydrogen) atoms. The molecule has 0 unspecified atom stereocenters. The highest BCUT2D eigenvalue weighted by atomic mass is 35.5. The summed E-state index contributed by atoms with van der Waals surface area (Å²) >= 11 is 5.84. The Kier molecular flexibility index (Phi) is 3.85. The summed E-state index contributed by atoms with van der Waals surface area (Å²) in [6.45, 7) is 0. The smallest absolute Gasteiger partial charge is 0.331 e. The van der Waals surface area contributed by atoms with Crippen molar-refractivity contribution in [2.45, 2.75) is 0 Å². The van der Waals surface area contributed by atoms with Crippen LogP contribution in [0.15, 0.2) is 30.3 Å². The summed E-state index contributed by atoms with van der Waals surface area (Å²) < 4.78 is 5.23. The van der Waals surface area contributed by atoms with Gasteiger partial charge in [-0.1, -0.05) is 11.6 Å². The largest absolute Gasteiger partial charge is 0.432 e. The fraction of sp³-hybridized carbons (Fsp3) is 0. The molecule has 1 aromatic carbocycles. The molecule has 0 amide bonds. The summed E-state index contributed by atoms with van der Waals surface area (Å²) in [6.07, 6.45) is 0. The highest BCUT2D eigenvalue weighted by Crippen LogP contribution is 2.35. The molecule has 1 heterocycles. The minimum Gasteiger partial charge on any atom is -0.432 e. The summed E-state index contributed by atoms with van der Waals surface area (Å²) in [4.78, 5) is 23.9.